The molecule has 3 rings (SSSR count). The molecule has 0 heterocycles. The first-order valence-electron chi connectivity index (χ1n) is 7.82. The van der Waals surface area contributed by atoms with Crippen LogP contribution in [0, 0.1) is 0 Å². The maximum absolute atomic E-state index is 13.1. The molecular formula is C20H16F3NO. The molecule has 5 heteroatoms. The van der Waals surface area contributed by atoms with E-state index in [1.54, 1.807) is 6.92 Å². The van der Waals surface area contributed by atoms with Gasteiger partial charge in [0.2, 0.25) is 0 Å². The van der Waals surface area contributed by atoms with Gasteiger partial charge in [-0.15, -0.1) is 0 Å². The zero-order chi connectivity index (χ0) is 18.0. The summed E-state index contributed by atoms with van der Waals surface area (Å²) < 4.78 is 39.2. The molecule has 2 nitrogen and oxygen atoms in total. The molecule has 0 unspecified atom stereocenters. The van der Waals surface area contributed by atoms with Crippen LogP contribution < -0.4 is 5.32 Å². The Bertz CT molecular complexity index is 918. The molecule has 128 valence electrons. The lowest BCUT2D eigenvalue weighted by Gasteiger charge is -2.17. The number of fused-ring (bicyclic) bond motifs is 1. The van der Waals surface area contributed by atoms with Crippen LogP contribution in [0.25, 0.3) is 10.8 Å². The van der Waals surface area contributed by atoms with Gasteiger partial charge in [0.1, 0.15) is 0 Å². The molecule has 1 atom stereocenters. The van der Waals surface area contributed by atoms with Crippen molar-refractivity contribution in [1.29, 1.82) is 0 Å². The molecule has 0 aliphatic heterocycles. The second-order valence-corrected chi connectivity index (χ2v) is 5.85. The summed E-state index contributed by atoms with van der Waals surface area (Å²) in [5, 5.41) is 4.72. The predicted octanol–water partition coefficient (Wildman–Crippen LogP) is 5.35. The Hall–Kier alpha value is -2.82. The maximum atomic E-state index is 13.1. The maximum Gasteiger partial charge on any atom is 0.417 e. The van der Waals surface area contributed by atoms with E-state index < -0.39 is 23.7 Å². The topological polar surface area (TPSA) is 29.1 Å². The minimum atomic E-state index is -4.57. The smallest absolute Gasteiger partial charge is 0.346 e. The number of hydrogen-bond acceptors (Lipinski definition) is 1. The normalized spacial score (nSPS) is 12.8. The highest BCUT2D eigenvalue weighted by atomic mass is 19.4. The first-order valence-corrected chi connectivity index (χ1v) is 7.82. The molecule has 0 fully saturated rings. The molecule has 0 saturated heterocycles. The van der Waals surface area contributed by atoms with Crippen molar-refractivity contribution >= 4 is 16.7 Å². The fourth-order valence-electron chi connectivity index (χ4n) is 2.76. The lowest BCUT2D eigenvalue weighted by molar-refractivity contribution is -0.137. The molecule has 0 bridgehead atoms. The largest absolute Gasteiger partial charge is 0.417 e. The van der Waals surface area contributed by atoms with E-state index in [1.807, 2.05) is 42.5 Å². The molecule has 25 heavy (non-hydrogen) atoms. The molecular weight excluding hydrogens is 327 g/mol. The van der Waals surface area contributed by atoms with Crippen LogP contribution in [-0.4, -0.2) is 5.91 Å². The van der Waals surface area contributed by atoms with Crippen LogP contribution in [0.3, 0.4) is 0 Å². The molecule has 3 aromatic rings. The van der Waals surface area contributed by atoms with Crippen LogP contribution in [0.5, 0.6) is 0 Å². The number of alkyl halides is 3. The summed E-state index contributed by atoms with van der Waals surface area (Å²) in [4.78, 5) is 12.3. The summed E-state index contributed by atoms with van der Waals surface area (Å²) in [6, 6.07) is 17.9. The van der Waals surface area contributed by atoms with Crippen LogP contribution in [0.2, 0.25) is 0 Å². The Labute approximate surface area is 143 Å². The monoisotopic (exact) mass is 343 g/mol. The van der Waals surface area contributed by atoms with Crippen molar-refractivity contribution in [3.05, 3.63) is 83.4 Å². The van der Waals surface area contributed by atoms with Crippen LogP contribution in [0.15, 0.2) is 66.7 Å². The van der Waals surface area contributed by atoms with Gasteiger partial charge in [-0.3, -0.25) is 4.79 Å². The number of amides is 1. The van der Waals surface area contributed by atoms with E-state index in [9.17, 15) is 18.0 Å². The Morgan fingerprint density at radius 2 is 1.56 bits per heavy atom. The van der Waals surface area contributed by atoms with Gasteiger partial charge in [0.05, 0.1) is 17.2 Å². The summed E-state index contributed by atoms with van der Waals surface area (Å²) >= 11 is 0. The third-order valence-electron chi connectivity index (χ3n) is 4.10. The van der Waals surface area contributed by atoms with Crippen molar-refractivity contribution in [3.63, 3.8) is 0 Å². The van der Waals surface area contributed by atoms with E-state index in [0.717, 1.165) is 22.4 Å². The number of halogens is 3. The minimum Gasteiger partial charge on any atom is -0.346 e. The molecule has 1 amide bonds. The minimum absolute atomic E-state index is 0.373. The van der Waals surface area contributed by atoms with E-state index in [-0.39, 0.29) is 5.56 Å². The fraction of sp³-hybridized carbons (Fsp3) is 0.150. The van der Waals surface area contributed by atoms with Crippen molar-refractivity contribution in [1.82, 2.24) is 5.32 Å². The van der Waals surface area contributed by atoms with Crippen LogP contribution >= 0.6 is 0 Å². The third-order valence-corrected chi connectivity index (χ3v) is 4.10. The molecule has 1 N–H and O–H groups in total. The van der Waals surface area contributed by atoms with E-state index in [4.69, 9.17) is 0 Å². The van der Waals surface area contributed by atoms with Crippen molar-refractivity contribution in [2.75, 3.05) is 0 Å². The standard InChI is InChI=1S/C20H16F3NO/c1-13(15-11-10-14-6-2-3-7-16(14)12-15)24-19(25)17-8-4-5-9-18(17)20(21,22)23/h2-13H,1H3,(H,24,25)/t13-/m0/s1. The van der Waals surface area contributed by atoms with E-state index >= 15 is 0 Å². The van der Waals surface area contributed by atoms with Gasteiger partial charge in [-0.05, 0) is 41.5 Å². The number of carbonyl (C=O) groups excluding carboxylic acids is 1. The number of carbonyl (C=O) groups is 1. The highest BCUT2D eigenvalue weighted by Crippen LogP contribution is 2.32. The summed E-state index contributed by atoms with van der Waals surface area (Å²) in [7, 11) is 0. The first-order chi connectivity index (χ1) is 11.9. The molecule has 3 aromatic carbocycles. The Morgan fingerprint density at radius 3 is 2.28 bits per heavy atom. The zero-order valence-electron chi connectivity index (χ0n) is 13.5. The number of rotatable bonds is 3. The lowest BCUT2D eigenvalue weighted by Crippen LogP contribution is -2.28. The van der Waals surface area contributed by atoms with E-state index in [0.29, 0.717) is 0 Å². The Balaban J connectivity index is 1.85. The second-order valence-electron chi connectivity index (χ2n) is 5.85. The van der Waals surface area contributed by atoms with Crippen molar-refractivity contribution < 1.29 is 18.0 Å². The van der Waals surface area contributed by atoms with Gasteiger partial charge in [-0.25, -0.2) is 0 Å². The highest BCUT2D eigenvalue weighted by molar-refractivity contribution is 5.96. The molecule has 0 aliphatic rings. The van der Waals surface area contributed by atoms with Gasteiger partial charge in [-0.1, -0.05) is 48.5 Å². The average Bonchev–Trinajstić information content (AvgIpc) is 2.60. The summed E-state index contributed by atoms with van der Waals surface area (Å²) in [5.74, 6) is -0.742. The molecule has 0 aromatic heterocycles. The zero-order valence-corrected chi connectivity index (χ0v) is 13.5. The highest BCUT2D eigenvalue weighted by Gasteiger charge is 2.35. The van der Waals surface area contributed by atoms with E-state index in [2.05, 4.69) is 5.32 Å². The van der Waals surface area contributed by atoms with Crippen molar-refractivity contribution in [3.8, 4) is 0 Å². The van der Waals surface area contributed by atoms with Gasteiger partial charge >= 0.3 is 6.18 Å². The van der Waals surface area contributed by atoms with E-state index in [1.165, 1.54) is 18.2 Å². The van der Waals surface area contributed by atoms with Crippen LogP contribution in [-0.2, 0) is 6.18 Å². The summed E-state index contributed by atoms with van der Waals surface area (Å²) in [5.41, 5.74) is -0.475. The second kappa shape index (κ2) is 6.59. The van der Waals surface area contributed by atoms with Crippen LogP contribution in [0.4, 0.5) is 13.2 Å². The summed E-state index contributed by atoms with van der Waals surface area (Å²) in [6.45, 7) is 1.75. The van der Waals surface area contributed by atoms with Crippen molar-refractivity contribution in [2.24, 2.45) is 0 Å². The number of benzene rings is 3. The molecule has 0 radical (unpaired) electrons. The molecule has 0 saturated carbocycles. The Kier molecular flexibility index (Phi) is 4.49. The summed E-state index contributed by atoms with van der Waals surface area (Å²) in [6.07, 6.45) is -4.57. The van der Waals surface area contributed by atoms with Crippen LogP contribution in [0.1, 0.15) is 34.5 Å². The number of nitrogens with one attached hydrogen (secondary N) is 1. The fourth-order valence-corrected chi connectivity index (χ4v) is 2.76. The lowest BCUT2D eigenvalue weighted by atomic mass is 10.0. The van der Waals surface area contributed by atoms with Gasteiger partial charge in [0.25, 0.3) is 5.91 Å². The predicted molar refractivity (Wildman–Crippen MR) is 91.3 cm³/mol. The third kappa shape index (κ3) is 3.65. The van der Waals surface area contributed by atoms with Crippen molar-refractivity contribution in [2.45, 2.75) is 19.1 Å². The van der Waals surface area contributed by atoms with Gasteiger partial charge in [0, 0.05) is 0 Å². The quantitative estimate of drug-likeness (QED) is 0.682. The van der Waals surface area contributed by atoms with Gasteiger partial charge in [0.15, 0.2) is 0 Å². The SMILES string of the molecule is C[C@H](NC(=O)c1ccccc1C(F)(F)F)c1ccc2ccccc2c1. The molecule has 0 aliphatic carbocycles. The van der Waals surface area contributed by atoms with Gasteiger partial charge in [-0.2, -0.15) is 13.2 Å². The first kappa shape index (κ1) is 17.0. The van der Waals surface area contributed by atoms with Gasteiger partial charge < -0.3 is 5.32 Å². The Morgan fingerprint density at radius 1 is 0.920 bits per heavy atom. The average molecular weight is 343 g/mol. The molecule has 0 spiro atoms. The number of hydrogen-bond donors (Lipinski definition) is 1.